The van der Waals surface area contributed by atoms with Gasteiger partial charge in [-0.1, -0.05) is 15.9 Å². The van der Waals surface area contributed by atoms with Gasteiger partial charge in [0, 0.05) is 5.56 Å². The molecule has 1 rings (SSSR count). The van der Waals surface area contributed by atoms with E-state index in [2.05, 4.69) is 25.4 Å². The maximum Gasteiger partial charge on any atom is 0.573 e. The first-order chi connectivity index (χ1) is 8.73. The predicted molar refractivity (Wildman–Crippen MR) is 57.9 cm³/mol. The van der Waals surface area contributed by atoms with Crippen molar-refractivity contribution < 1.29 is 36.2 Å². The van der Waals surface area contributed by atoms with Crippen LogP contribution >= 0.6 is 15.9 Å². The summed E-state index contributed by atoms with van der Waals surface area (Å²) in [7, 11) is 0. The van der Waals surface area contributed by atoms with Crippen LogP contribution in [0.1, 0.15) is 10.4 Å². The van der Waals surface area contributed by atoms with Gasteiger partial charge in [0.1, 0.15) is 0 Å². The maximum atomic E-state index is 12.1. The zero-order valence-corrected chi connectivity index (χ0v) is 10.6. The van der Waals surface area contributed by atoms with Crippen molar-refractivity contribution in [2.75, 3.05) is 5.33 Å². The van der Waals surface area contributed by atoms with E-state index in [4.69, 9.17) is 0 Å². The van der Waals surface area contributed by atoms with Crippen LogP contribution in [0.3, 0.4) is 0 Å². The number of benzene rings is 1. The molecule has 0 aromatic heterocycles. The topological polar surface area (TPSA) is 35.5 Å². The van der Waals surface area contributed by atoms with Crippen LogP contribution in [-0.4, -0.2) is 24.1 Å². The highest BCUT2D eigenvalue weighted by Gasteiger charge is 2.33. The first-order valence-corrected chi connectivity index (χ1v) is 5.79. The van der Waals surface area contributed by atoms with Gasteiger partial charge in [-0.25, -0.2) is 0 Å². The van der Waals surface area contributed by atoms with Crippen LogP contribution in [0.2, 0.25) is 0 Å². The van der Waals surface area contributed by atoms with E-state index in [1.54, 1.807) is 0 Å². The molecule has 0 fully saturated rings. The fraction of sp³-hybridized carbons (Fsp3) is 0.300. The third-order valence-corrected chi connectivity index (χ3v) is 2.34. The average Bonchev–Trinajstić information content (AvgIpc) is 2.28. The van der Waals surface area contributed by atoms with Crippen molar-refractivity contribution in [1.29, 1.82) is 0 Å². The third kappa shape index (κ3) is 5.01. The number of hydrogen-bond donors (Lipinski definition) is 0. The van der Waals surface area contributed by atoms with Gasteiger partial charge < -0.3 is 9.47 Å². The van der Waals surface area contributed by atoms with Crippen molar-refractivity contribution in [3.63, 3.8) is 0 Å². The molecule has 0 atom stereocenters. The highest BCUT2D eigenvalue weighted by atomic mass is 79.9. The van der Waals surface area contributed by atoms with E-state index in [0.717, 1.165) is 18.2 Å². The normalized spacial score (nSPS) is 11.5. The smallest absolute Gasteiger partial charge is 0.431 e. The van der Waals surface area contributed by atoms with E-state index < -0.39 is 30.3 Å². The van der Waals surface area contributed by atoms with E-state index in [0.29, 0.717) is 0 Å². The maximum absolute atomic E-state index is 12.1. The summed E-state index contributed by atoms with van der Waals surface area (Å²) in [6.07, 6.45) is -5.05. The van der Waals surface area contributed by atoms with Gasteiger partial charge in [0.2, 0.25) is 0 Å². The SMILES string of the molecule is O=C(CBr)c1ccc(OC(F)(F)F)c(OC(F)F)c1. The van der Waals surface area contributed by atoms with Crippen LogP contribution in [0, 0.1) is 0 Å². The summed E-state index contributed by atoms with van der Waals surface area (Å²) in [5.74, 6) is -2.31. The first-order valence-electron chi connectivity index (χ1n) is 4.66. The Morgan fingerprint density at radius 2 is 1.89 bits per heavy atom. The number of ketones is 1. The minimum absolute atomic E-state index is 0.0814. The van der Waals surface area contributed by atoms with Gasteiger partial charge in [-0.3, -0.25) is 4.79 Å². The molecule has 0 unspecified atom stereocenters. The van der Waals surface area contributed by atoms with E-state index in [9.17, 15) is 26.7 Å². The Morgan fingerprint density at radius 1 is 1.26 bits per heavy atom. The summed E-state index contributed by atoms with van der Waals surface area (Å²) >= 11 is 2.84. The molecule has 0 aliphatic carbocycles. The first kappa shape index (κ1) is 15.7. The second-order valence-corrected chi connectivity index (χ2v) is 3.71. The third-order valence-electron chi connectivity index (χ3n) is 1.83. The van der Waals surface area contributed by atoms with Crippen LogP contribution in [0.15, 0.2) is 18.2 Å². The standard InChI is InChI=1S/C10H6BrF5O3/c11-4-6(17)5-1-2-7(19-10(14,15)16)8(3-5)18-9(12)13/h1-3,9H,4H2. The molecule has 0 bridgehead atoms. The molecule has 0 spiro atoms. The van der Waals surface area contributed by atoms with E-state index >= 15 is 0 Å². The van der Waals surface area contributed by atoms with Crippen molar-refractivity contribution in [2.45, 2.75) is 13.0 Å². The zero-order chi connectivity index (χ0) is 14.6. The lowest BCUT2D eigenvalue weighted by Gasteiger charge is -2.14. The molecule has 1 aromatic carbocycles. The van der Waals surface area contributed by atoms with Crippen molar-refractivity contribution in [2.24, 2.45) is 0 Å². The Morgan fingerprint density at radius 3 is 2.37 bits per heavy atom. The van der Waals surface area contributed by atoms with Gasteiger partial charge in [0.15, 0.2) is 17.3 Å². The summed E-state index contributed by atoms with van der Waals surface area (Å²) in [6, 6.07) is 2.51. The number of ether oxygens (including phenoxy) is 2. The Kier molecular flexibility index (Phi) is 5.10. The molecule has 0 aliphatic heterocycles. The number of carbonyl (C=O) groups is 1. The highest BCUT2D eigenvalue weighted by molar-refractivity contribution is 9.09. The molecular weight excluding hydrogens is 343 g/mol. The molecule has 0 aliphatic rings. The number of hydrogen-bond acceptors (Lipinski definition) is 3. The molecule has 0 N–H and O–H groups in total. The van der Waals surface area contributed by atoms with Gasteiger partial charge in [-0.15, -0.1) is 13.2 Å². The lowest BCUT2D eigenvalue weighted by molar-refractivity contribution is -0.275. The Balaban J connectivity index is 3.12. The minimum Gasteiger partial charge on any atom is -0.431 e. The molecule has 0 amide bonds. The van der Waals surface area contributed by atoms with Crippen LogP contribution in [0.25, 0.3) is 0 Å². The molecule has 0 radical (unpaired) electrons. The predicted octanol–water partition coefficient (Wildman–Crippen LogP) is 3.76. The molecular formula is C10H6BrF5O3. The molecule has 9 heteroatoms. The Labute approximate surface area is 112 Å². The minimum atomic E-state index is -5.05. The van der Waals surface area contributed by atoms with Crippen LogP contribution in [-0.2, 0) is 0 Å². The monoisotopic (exact) mass is 348 g/mol. The van der Waals surface area contributed by atoms with Crippen LogP contribution in [0.4, 0.5) is 22.0 Å². The van der Waals surface area contributed by atoms with E-state index in [-0.39, 0.29) is 10.9 Å². The average molecular weight is 349 g/mol. The number of carbonyl (C=O) groups excluding carboxylic acids is 1. The number of alkyl halides is 6. The molecule has 0 heterocycles. The molecule has 1 aromatic rings. The number of Topliss-reactive ketones (excluding diaryl/α,β-unsaturated/α-hetero) is 1. The fourth-order valence-corrected chi connectivity index (χ4v) is 1.48. The summed E-state index contributed by atoms with van der Waals surface area (Å²) in [5.41, 5.74) is -0.0814. The molecule has 0 saturated carbocycles. The summed E-state index contributed by atoms with van der Waals surface area (Å²) in [4.78, 5) is 11.3. The fourth-order valence-electron chi connectivity index (χ4n) is 1.16. The lowest BCUT2D eigenvalue weighted by atomic mass is 10.1. The summed E-state index contributed by atoms with van der Waals surface area (Å²) < 4.78 is 67.7. The lowest BCUT2D eigenvalue weighted by Crippen LogP contribution is -2.18. The molecule has 3 nitrogen and oxygen atoms in total. The Hall–Kier alpha value is -1.38. The molecule has 19 heavy (non-hydrogen) atoms. The van der Waals surface area contributed by atoms with Crippen molar-refractivity contribution in [1.82, 2.24) is 0 Å². The van der Waals surface area contributed by atoms with Gasteiger partial charge >= 0.3 is 13.0 Å². The van der Waals surface area contributed by atoms with Gasteiger partial charge in [0.05, 0.1) is 5.33 Å². The number of halogens is 6. The van der Waals surface area contributed by atoms with Gasteiger partial charge in [-0.2, -0.15) is 8.78 Å². The largest absolute Gasteiger partial charge is 0.573 e. The number of rotatable bonds is 5. The van der Waals surface area contributed by atoms with Crippen molar-refractivity contribution >= 4 is 21.7 Å². The van der Waals surface area contributed by atoms with E-state index in [1.165, 1.54) is 0 Å². The quantitative estimate of drug-likeness (QED) is 0.461. The molecule has 0 saturated heterocycles. The highest BCUT2D eigenvalue weighted by Crippen LogP contribution is 2.34. The van der Waals surface area contributed by atoms with Crippen LogP contribution in [0.5, 0.6) is 11.5 Å². The second kappa shape index (κ2) is 6.18. The second-order valence-electron chi connectivity index (χ2n) is 3.14. The van der Waals surface area contributed by atoms with Crippen LogP contribution < -0.4 is 9.47 Å². The Bertz CT molecular complexity index is 461. The van der Waals surface area contributed by atoms with E-state index in [1.807, 2.05) is 0 Å². The van der Waals surface area contributed by atoms with Gasteiger partial charge in [-0.05, 0) is 18.2 Å². The zero-order valence-electron chi connectivity index (χ0n) is 9.01. The van der Waals surface area contributed by atoms with Gasteiger partial charge in [0.25, 0.3) is 0 Å². The van der Waals surface area contributed by atoms with Crippen molar-refractivity contribution in [3.05, 3.63) is 23.8 Å². The summed E-state index contributed by atoms with van der Waals surface area (Å²) in [5, 5.41) is -0.111. The summed E-state index contributed by atoms with van der Waals surface area (Å²) in [6.45, 7) is -3.34. The van der Waals surface area contributed by atoms with Crippen molar-refractivity contribution in [3.8, 4) is 11.5 Å². The molecule has 106 valence electrons.